The number of hydrogen-bond donors (Lipinski definition) is 0. The number of unbranched alkanes of at least 4 members (excludes halogenated alkanes) is 2. The van der Waals surface area contributed by atoms with Crippen molar-refractivity contribution in [2.24, 2.45) is 11.8 Å². The zero-order valence-corrected chi connectivity index (χ0v) is 7.98. The third-order valence-electron chi connectivity index (χ3n) is 2.40. The molecule has 0 aliphatic rings. The molecule has 0 aliphatic carbocycles. The highest BCUT2D eigenvalue weighted by Crippen LogP contribution is 2.17. The summed E-state index contributed by atoms with van der Waals surface area (Å²) in [6.45, 7) is 9.26. The maximum absolute atomic E-state index is 2.36. The average molecular weight is 142 g/mol. The van der Waals surface area contributed by atoms with Crippen molar-refractivity contribution in [3.63, 3.8) is 0 Å². The van der Waals surface area contributed by atoms with Crippen LogP contribution >= 0.6 is 0 Å². The fraction of sp³-hybridized carbons (Fsp3) is 1.00. The highest BCUT2D eigenvalue weighted by Gasteiger charge is 2.04. The summed E-state index contributed by atoms with van der Waals surface area (Å²) < 4.78 is 0. The van der Waals surface area contributed by atoms with Crippen molar-refractivity contribution in [2.45, 2.75) is 53.4 Å². The monoisotopic (exact) mass is 142 g/mol. The Kier molecular flexibility index (Phi) is 5.76. The second-order valence-corrected chi connectivity index (χ2v) is 3.72. The molecule has 0 N–H and O–H groups in total. The van der Waals surface area contributed by atoms with E-state index in [1.807, 2.05) is 0 Å². The Morgan fingerprint density at radius 2 is 1.60 bits per heavy atom. The lowest BCUT2D eigenvalue weighted by Gasteiger charge is -2.14. The number of hydrogen-bond acceptors (Lipinski definition) is 0. The van der Waals surface area contributed by atoms with Crippen LogP contribution in [0.2, 0.25) is 0 Å². The lowest BCUT2D eigenvalue weighted by Crippen LogP contribution is -2.02. The van der Waals surface area contributed by atoms with E-state index in [1.54, 1.807) is 0 Å². The van der Waals surface area contributed by atoms with Crippen LogP contribution < -0.4 is 0 Å². The SMILES string of the molecule is CCCCC[C@@H](C)C(C)C. The third-order valence-corrected chi connectivity index (χ3v) is 2.40. The molecule has 0 saturated heterocycles. The molecule has 0 heterocycles. The summed E-state index contributed by atoms with van der Waals surface area (Å²) in [5, 5.41) is 0. The van der Waals surface area contributed by atoms with Crippen molar-refractivity contribution in [2.75, 3.05) is 0 Å². The highest BCUT2D eigenvalue weighted by atomic mass is 14.1. The summed E-state index contributed by atoms with van der Waals surface area (Å²) in [5.74, 6) is 1.79. The van der Waals surface area contributed by atoms with Gasteiger partial charge in [-0.1, -0.05) is 53.4 Å². The molecule has 0 aromatic rings. The predicted octanol–water partition coefficient (Wildman–Crippen LogP) is 3.86. The first-order chi connectivity index (χ1) is 4.68. The van der Waals surface area contributed by atoms with Crippen LogP contribution in [0.4, 0.5) is 0 Å². The van der Waals surface area contributed by atoms with E-state index in [2.05, 4.69) is 27.7 Å². The maximum atomic E-state index is 2.36. The summed E-state index contributed by atoms with van der Waals surface area (Å²) in [5.41, 5.74) is 0. The third kappa shape index (κ3) is 4.84. The Balaban J connectivity index is 3.13. The van der Waals surface area contributed by atoms with Gasteiger partial charge in [-0.05, 0) is 11.8 Å². The zero-order chi connectivity index (χ0) is 7.98. The molecule has 0 aliphatic heterocycles. The van der Waals surface area contributed by atoms with Crippen LogP contribution in [0.5, 0.6) is 0 Å². The summed E-state index contributed by atoms with van der Waals surface area (Å²) >= 11 is 0. The van der Waals surface area contributed by atoms with E-state index in [4.69, 9.17) is 0 Å². The minimum absolute atomic E-state index is 0.872. The van der Waals surface area contributed by atoms with Crippen molar-refractivity contribution < 1.29 is 0 Å². The minimum Gasteiger partial charge on any atom is -0.0654 e. The van der Waals surface area contributed by atoms with Gasteiger partial charge in [0.15, 0.2) is 0 Å². The molecule has 62 valence electrons. The molecule has 0 fully saturated rings. The van der Waals surface area contributed by atoms with Crippen LogP contribution in [-0.2, 0) is 0 Å². The molecule has 0 aromatic heterocycles. The van der Waals surface area contributed by atoms with Crippen molar-refractivity contribution >= 4 is 0 Å². The van der Waals surface area contributed by atoms with Crippen molar-refractivity contribution in [3.05, 3.63) is 0 Å². The molecule has 10 heavy (non-hydrogen) atoms. The van der Waals surface area contributed by atoms with Crippen LogP contribution in [0.3, 0.4) is 0 Å². The first-order valence-electron chi connectivity index (χ1n) is 4.68. The second kappa shape index (κ2) is 5.76. The van der Waals surface area contributed by atoms with Crippen LogP contribution in [-0.4, -0.2) is 0 Å². The largest absolute Gasteiger partial charge is 0.0654 e. The maximum Gasteiger partial charge on any atom is -0.0420 e. The van der Waals surface area contributed by atoms with Crippen LogP contribution in [0.15, 0.2) is 0 Å². The van der Waals surface area contributed by atoms with E-state index in [1.165, 1.54) is 25.7 Å². The molecule has 0 saturated carbocycles. The fourth-order valence-electron chi connectivity index (χ4n) is 1.05. The molecule has 0 unspecified atom stereocenters. The standard InChI is InChI=1S/C10H22/c1-5-6-7-8-10(4)9(2)3/h9-10H,5-8H2,1-4H3/t10-/m1/s1. The Labute approximate surface area is 66.0 Å². The molecule has 0 rings (SSSR count). The second-order valence-electron chi connectivity index (χ2n) is 3.72. The van der Waals surface area contributed by atoms with Crippen LogP contribution in [0, 0.1) is 11.8 Å². The molecule has 0 bridgehead atoms. The summed E-state index contributed by atoms with van der Waals surface area (Å²) in [6, 6.07) is 0. The van der Waals surface area contributed by atoms with Gasteiger partial charge in [-0.25, -0.2) is 0 Å². The summed E-state index contributed by atoms with van der Waals surface area (Å²) in [7, 11) is 0. The molecule has 0 nitrogen and oxygen atoms in total. The van der Waals surface area contributed by atoms with Gasteiger partial charge in [0.05, 0.1) is 0 Å². The van der Waals surface area contributed by atoms with Gasteiger partial charge in [-0.15, -0.1) is 0 Å². The fourth-order valence-corrected chi connectivity index (χ4v) is 1.05. The van der Waals surface area contributed by atoms with Gasteiger partial charge >= 0.3 is 0 Å². The Hall–Kier alpha value is 0. The number of rotatable bonds is 5. The quantitative estimate of drug-likeness (QED) is 0.511. The average Bonchev–Trinajstić information content (AvgIpc) is 1.88. The van der Waals surface area contributed by atoms with Gasteiger partial charge in [0, 0.05) is 0 Å². The van der Waals surface area contributed by atoms with E-state index in [-0.39, 0.29) is 0 Å². The minimum atomic E-state index is 0.872. The molecule has 0 radical (unpaired) electrons. The van der Waals surface area contributed by atoms with Crippen LogP contribution in [0.1, 0.15) is 53.4 Å². The van der Waals surface area contributed by atoms with Crippen molar-refractivity contribution in [3.8, 4) is 0 Å². The Bertz CT molecular complexity index is 64.4. The van der Waals surface area contributed by atoms with Crippen LogP contribution in [0.25, 0.3) is 0 Å². The van der Waals surface area contributed by atoms with Gasteiger partial charge in [0.1, 0.15) is 0 Å². The van der Waals surface area contributed by atoms with E-state index >= 15 is 0 Å². The van der Waals surface area contributed by atoms with E-state index in [0.29, 0.717) is 0 Å². The zero-order valence-electron chi connectivity index (χ0n) is 7.98. The summed E-state index contributed by atoms with van der Waals surface area (Å²) in [6.07, 6.45) is 5.61. The molecule has 1 atom stereocenters. The van der Waals surface area contributed by atoms with Gasteiger partial charge in [0.25, 0.3) is 0 Å². The van der Waals surface area contributed by atoms with Crippen molar-refractivity contribution in [1.29, 1.82) is 0 Å². The molecule has 0 amide bonds. The Morgan fingerprint density at radius 1 is 1.00 bits per heavy atom. The lowest BCUT2D eigenvalue weighted by atomic mass is 9.92. The lowest BCUT2D eigenvalue weighted by molar-refractivity contribution is 0.377. The topological polar surface area (TPSA) is 0 Å². The first-order valence-corrected chi connectivity index (χ1v) is 4.68. The molecular weight excluding hydrogens is 120 g/mol. The van der Waals surface area contributed by atoms with E-state index in [0.717, 1.165) is 11.8 Å². The van der Waals surface area contributed by atoms with Crippen molar-refractivity contribution in [1.82, 2.24) is 0 Å². The molecule has 0 aromatic carbocycles. The smallest absolute Gasteiger partial charge is 0.0420 e. The Morgan fingerprint density at radius 3 is 2.00 bits per heavy atom. The normalized spacial score (nSPS) is 14.1. The molecule has 0 spiro atoms. The molecular formula is C10H22. The van der Waals surface area contributed by atoms with E-state index < -0.39 is 0 Å². The van der Waals surface area contributed by atoms with Gasteiger partial charge < -0.3 is 0 Å². The molecule has 0 heteroatoms. The predicted molar refractivity (Wildman–Crippen MR) is 48.1 cm³/mol. The van der Waals surface area contributed by atoms with Gasteiger partial charge in [-0.2, -0.15) is 0 Å². The van der Waals surface area contributed by atoms with Gasteiger partial charge in [0.2, 0.25) is 0 Å². The first kappa shape index (κ1) is 10.0. The van der Waals surface area contributed by atoms with E-state index in [9.17, 15) is 0 Å². The highest BCUT2D eigenvalue weighted by molar-refractivity contribution is 4.56. The van der Waals surface area contributed by atoms with Gasteiger partial charge in [-0.3, -0.25) is 0 Å². The summed E-state index contributed by atoms with van der Waals surface area (Å²) in [4.78, 5) is 0.